The zero-order valence-electron chi connectivity index (χ0n) is 30.5. The monoisotopic (exact) mass is 880 g/mol. The van der Waals surface area contributed by atoms with Crippen LogP contribution in [-0.4, -0.2) is 57.3 Å². The highest BCUT2D eigenvalue weighted by Gasteiger charge is 2.32. The topological polar surface area (TPSA) is 137 Å². The van der Waals surface area contributed by atoms with Crippen LogP contribution < -0.4 is 9.47 Å². The summed E-state index contributed by atoms with van der Waals surface area (Å²) in [4.78, 5) is 49.6. The van der Waals surface area contributed by atoms with E-state index >= 15 is 0 Å². The van der Waals surface area contributed by atoms with Gasteiger partial charge < -0.3 is 19.7 Å². The second-order valence-electron chi connectivity index (χ2n) is 13.0. The van der Waals surface area contributed by atoms with Gasteiger partial charge in [-0.05, 0) is 91.6 Å². The van der Waals surface area contributed by atoms with E-state index in [-0.39, 0.29) is 35.7 Å². The van der Waals surface area contributed by atoms with Crippen LogP contribution in [0, 0.1) is 31.4 Å². The zero-order chi connectivity index (χ0) is 40.5. The largest absolute Gasteiger partial charge is 0.494 e. The number of hydrogen-bond acceptors (Lipinski definition) is 6. The van der Waals surface area contributed by atoms with Gasteiger partial charge in [-0.3, -0.25) is 28.3 Å². The summed E-state index contributed by atoms with van der Waals surface area (Å²) >= 11 is 6.65. The third-order valence-electron chi connectivity index (χ3n) is 9.29. The number of aliphatic carboxylic acids is 2. The molecule has 2 N–H and O–H groups in total. The average molecular weight is 883 g/mol. The Morgan fingerprint density at radius 2 is 1.11 bits per heavy atom. The van der Waals surface area contributed by atoms with E-state index in [0.717, 1.165) is 8.95 Å². The molecule has 6 aromatic rings. The van der Waals surface area contributed by atoms with E-state index in [1.807, 2.05) is 0 Å². The molecule has 14 heteroatoms. The number of aromatic nitrogens is 2. The van der Waals surface area contributed by atoms with Crippen LogP contribution in [0.25, 0.3) is 21.8 Å². The molecule has 55 heavy (non-hydrogen) atoms. The molecule has 0 aliphatic rings. The number of ether oxygens (including phenoxy) is 2. The molecule has 2 aromatic heterocycles. The molecular formula is C41H36Br2F2N2O8. The number of fused-ring (bicyclic) bond motifs is 2. The zero-order valence-corrected chi connectivity index (χ0v) is 33.7. The van der Waals surface area contributed by atoms with Crippen LogP contribution >= 0.6 is 31.9 Å². The predicted molar refractivity (Wildman–Crippen MR) is 211 cm³/mol. The third kappa shape index (κ3) is 8.06. The molecular weight excluding hydrogens is 846 g/mol. The Balaban J connectivity index is 0.000000212. The second-order valence-corrected chi connectivity index (χ2v) is 14.8. The lowest BCUT2D eigenvalue weighted by Gasteiger charge is -2.17. The highest BCUT2D eigenvalue weighted by Crippen LogP contribution is 2.39. The molecule has 0 amide bonds. The first-order valence-electron chi connectivity index (χ1n) is 16.8. The van der Waals surface area contributed by atoms with E-state index in [4.69, 9.17) is 9.47 Å². The van der Waals surface area contributed by atoms with E-state index < -0.39 is 29.5 Å². The van der Waals surface area contributed by atoms with Gasteiger partial charge in [0, 0.05) is 54.4 Å². The fraction of sp³-hybridized carbons (Fsp3) is 0.220. The summed E-state index contributed by atoms with van der Waals surface area (Å²) < 4.78 is 43.2. The standard InChI is InChI=1S/C22H21BrFNO4.C19H15BrFNO4/c1-11(2)19(22(27)28)20-12(3)25(21(26)13-5-7-14(23)8-6-13)17-10-16(24)18(29-4)9-15(17)20;1-10-13(8-18(23)24)14-7-17(26-2)15(21)9-16(14)22(10)19(25)11-3-5-12(20)6-4-11/h5-11,19H,1-4H3,(H,27,28);3-7,9H,8H2,1-2H3,(H,23,24). The van der Waals surface area contributed by atoms with Crippen LogP contribution in [0.15, 0.2) is 81.7 Å². The van der Waals surface area contributed by atoms with Crippen molar-refractivity contribution in [3.05, 3.63) is 127 Å². The molecule has 0 radical (unpaired) electrons. The first-order valence-corrected chi connectivity index (χ1v) is 18.4. The second kappa shape index (κ2) is 16.6. The lowest BCUT2D eigenvalue weighted by Crippen LogP contribution is -2.19. The highest BCUT2D eigenvalue weighted by molar-refractivity contribution is 9.10. The molecule has 1 atom stereocenters. The Labute approximate surface area is 331 Å². The van der Waals surface area contributed by atoms with Crippen molar-refractivity contribution in [3.8, 4) is 11.5 Å². The minimum absolute atomic E-state index is 0.000106. The van der Waals surface area contributed by atoms with Gasteiger partial charge in [-0.25, -0.2) is 8.78 Å². The average Bonchev–Trinajstić information content (AvgIpc) is 3.54. The predicted octanol–water partition coefficient (Wildman–Crippen LogP) is 9.55. The minimum atomic E-state index is -1.04. The van der Waals surface area contributed by atoms with Crippen LogP contribution in [0.3, 0.4) is 0 Å². The van der Waals surface area contributed by atoms with Crippen LogP contribution in [0.5, 0.6) is 11.5 Å². The van der Waals surface area contributed by atoms with Gasteiger partial charge >= 0.3 is 11.9 Å². The van der Waals surface area contributed by atoms with Crippen molar-refractivity contribution in [2.24, 2.45) is 5.92 Å². The van der Waals surface area contributed by atoms with Crippen molar-refractivity contribution in [2.75, 3.05) is 14.2 Å². The Morgan fingerprint density at radius 1 is 0.691 bits per heavy atom. The van der Waals surface area contributed by atoms with E-state index in [2.05, 4.69) is 31.9 Å². The molecule has 0 saturated carbocycles. The van der Waals surface area contributed by atoms with Crippen LogP contribution in [0.4, 0.5) is 8.78 Å². The lowest BCUT2D eigenvalue weighted by molar-refractivity contribution is -0.140. The van der Waals surface area contributed by atoms with Crippen molar-refractivity contribution >= 4 is 77.4 Å². The summed E-state index contributed by atoms with van der Waals surface area (Å²) in [6.45, 7) is 6.95. The molecule has 0 aliphatic carbocycles. The molecule has 4 aromatic carbocycles. The molecule has 0 saturated heterocycles. The van der Waals surface area contributed by atoms with Gasteiger partial charge in [0.15, 0.2) is 23.1 Å². The SMILES string of the molecule is COc1cc2c(C(C(=O)O)C(C)C)c(C)n(C(=O)c3ccc(Br)cc3)c2cc1F.COc1cc2c(CC(=O)O)c(C)n(C(=O)c3ccc(Br)cc3)c2cc1F. The number of hydrogen-bond donors (Lipinski definition) is 2. The van der Waals surface area contributed by atoms with E-state index in [1.165, 1.54) is 47.6 Å². The van der Waals surface area contributed by atoms with Crippen LogP contribution in [0.1, 0.15) is 63.0 Å². The summed E-state index contributed by atoms with van der Waals surface area (Å²) in [5.41, 5.74) is 3.33. The van der Waals surface area contributed by atoms with Gasteiger partial charge in [0.2, 0.25) is 0 Å². The van der Waals surface area contributed by atoms with E-state index in [0.29, 0.717) is 55.4 Å². The van der Waals surface area contributed by atoms with Crippen molar-refractivity contribution in [1.82, 2.24) is 9.13 Å². The maximum absolute atomic E-state index is 14.5. The number of carbonyl (C=O) groups excluding carboxylic acids is 2. The van der Waals surface area contributed by atoms with Gasteiger partial charge in [-0.1, -0.05) is 45.7 Å². The molecule has 1 unspecified atom stereocenters. The van der Waals surface area contributed by atoms with Crippen molar-refractivity contribution in [3.63, 3.8) is 0 Å². The summed E-state index contributed by atoms with van der Waals surface area (Å²) in [5, 5.41) is 20.0. The van der Waals surface area contributed by atoms with E-state index in [9.17, 15) is 38.2 Å². The fourth-order valence-corrected chi connectivity index (χ4v) is 7.24. The Kier molecular flexibility index (Phi) is 12.3. The molecule has 2 heterocycles. The summed E-state index contributed by atoms with van der Waals surface area (Å²) in [5.74, 6) is -5.08. The third-order valence-corrected chi connectivity index (χ3v) is 10.4. The maximum atomic E-state index is 14.5. The normalized spacial score (nSPS) is 11.7. The van der Waals surface area contributed by atoms with Crippen molar-refractivity contribution < 1.29 is 47.6 Å². The number of nitrogens with zero attached hydrogens (tertiary/aromatic N) is 2. The smallest absolute Gasteiger partial charge is 0.311 e. The maximum Gasteiger partial charge on any atom is 0.311 e. The van der Waals surface area contributed by atoms with Gasteiger partial charge in [-0.2, -0.15) is 0 Å². The molecule has 6 rings (SSSR count). The number of carboxylic acid groups (broad SMARTS) is 2. The van der Waals surface area contributed by atoms with Crippen LogP contribution in [-0.2, 0) is 16.0 Å². The fourth-order valence-electron chi connectivity index (χ4n) is 6.71. The van der Waals surface area contributed by atoms with Gasteiger partial charge in [0.1, 0.15) is 0 Å². The molecule has 0 fully saturated rings. The van der Waals surface area contributed by atoms with Gasteiger partial charge in [-0.15, -0.1) is 0 Å². The number of carboxylic acids is 2. The Morgan fingerprint density at radius 3 is 1.51 bits per heavy atom. The van der Waals surface area contributed by atoms with Crippen molar-refractivity contribution in [2.45, 2.75) is 40.0 Å². The Hall–Kier alpha value is -5.34. The number of rotatable bonds is 9. The summed E-state index contributed by atoms with van der Waals surface area (Å²) in [7, 11) is 2.68. The Bertz CT molecular complexity index is 2470. The van der Waals surface area contributed by atoms with Gasteiger partial charge in [0.25, 0.3) is 11.8 Å². The molecule has 0 bridgehead atoms. The number of halogens is 4. The first-order chi connectivity index (χ1) is 26.0. The van der Waals surface area contributed by atoms with Gasteiger partial charge in [0.05, 0.1) is 37.6 Å². The first kappa shape index (κ1) is 40.8. The highest BCUT2D eigenvalue weighted by atomic mass is 79.9. The summed E-state index contributed by atoms with van der Waals surface area (Å²) in [6, 6.07) is 18.9. The molecule has 0 aliphatic heterocycles. The number of benzene rings is 4. The lowest BCUT2D eigenvalue weighted by atomic mass is 9.86. The quantitative estimate of drug-likeness (QED) is 0.147. The van der Waals surface area contributed by atoms with E-state index in [1.54, 1.807) is 76.2 Å². The number of carbonyl (C=O) groups is 4. The summed E-state index contributed by atoms with van der Waals surface area (Å²) in [6.07, 6.45) is -0.280. The molecule has 0 spiro atoms. The molecule has 286 valence electrons. The van der Waals surface area contributed by atoms with Crippen LogP contribution in [0.2, 0.25) is 0 Å². The van der Waals surface area contributed by atoms with Crippen molar-refractivity contribution in [1.29, 1.82) is 0 Å². The number of methoxy groups -OCH3 is 2. The molecule has 10 nitrogen and oxygen atoms in total. The minimum Gasteiger partial charge on any atom is -0.494 e.